The van der Waals surface area contributed by atoms with Crippen molar-refractivity contribution in [1.82, 2.24) is 5.32 Å². The van der Waals surface area contributed by atoms with Gasteiger partial charge in [-0.25, -0.2) is 0 Å². The van der Waals surface area contributed by atoms with E-state index in [-0.39, 0.29) is 12.5 Å². The summed E-state index contributed by atoms with van der Waals surface area (Å²) in [5.41, 5.74) is 1.44. The summed E-state index contributed by atoms with van der Waals surface area (Å²) in [5.74, 6) is -1.67. The minimum absolute atomic E-state index is 0.126. The summed E-state index contributed by atoms with van der Waals surface area (Å²) in [6.45, 7) is 3.88. The highest BCUT2D eigenvalue weighted by Gasteiger charge is 2.29. The molecule has 0 spiro atoms. The van der Waals surface area contributed by atoms with E-state index in [1.54, 1.807) is 0 Å². The molecule has 25 heavy (non-hydrogen) atoms. The van der Waals surface area contributed by atoms with Crippen molar-refractivity contribution in [3.63, 3.8) is 0 Å². The number of carbonyl (C=O) groups excluding carboxylic acids is 1. The van der Waals surface area contributed by atoms with Crippen molar-refractivity contribution >= 4 is 11.9 Å². The van der Waals surface area contributed by atoms with Gasteiger partial charge < -0.3 is 10.4 Å². The van der Waals surface area contributed by atoms with Crippen LogP contribution in [0.1, 0.15) is 25.0 Å². The van der Waals surface area contributed by atoms with E-state index in [4.69, 9.17) is 0 Å². The van der Waals surface area contributed by atoms with Crippen molar-refractivity contribution in [2.45, 2.75) is 26.7 Å². The smallest absolute Gasteiger partial charge is 0.308 e. The van der Waals surface area contributed by atoms with Gasteiger partial charge in [0.25, 0.3) is 0 Å². The third-order valence-electron chi connectivity index (χ3n) is 4.29. The standard InChI is InChI=1S/C21H25NO3/c1-21(2,14-17-11-7-4-8-12-17)20(25)22-15-18(19(23)24)13-16-9-5-3-6-10-16/h3-12,18H,13-15H2,1-2H3,(H,22,25)(H,23,24). The van der Waals surface area contributed by atoms with Crippen LogP contribution in [0.4, 0.5) is 0 Å². The molecule has 4 heteroatoms. The Labute approximate surface area is 148 Å². The van der Waals surface area contributed by atoms with Gasteiger partial charge in [0.2, 0.25) is 5.91 Å². The van der Waals surface area contributed by atoms with Gasteiger partial charge >= 0.3 is 5.97 Å². The zero-order valence-electron chi connectivity index (χ0n) is 14.7. The van der Waals surface area contributed by atoms with E-state index in [1.807, 2.05) is 74.5 Å². The largest absolute Gasteiger partial charge is 0.481 e. The lowest BCUT2D eigenvalue weighted by Gasteiger charge is -2.25. The van der Waals surface area contributed by atoms with Crippen LogP contribution in [-0.4, -0.2) is 23.5 Å². The van der Waals surface area contributed by atoms with Crippen molar-refractivity contribution in [2.24, 2.45) is 11.3 Å². The van der Waals surface area contributed by atoms with Crippen LogP contribution in [0, 0.1) is 11.3 Å². The topological polar surface area (TPSA) is 66.4 Å². The van der Waals surface area contributed by atoms with Crippen LogP contribution < -0.4 is 5.32 Å². The van der Waals surface area contributed by atoms with Gasteiger partial charge in [0, 0.05) is 12.0 Å². The summed E-state index contributed by atoms with van der Waals surface area (Å²) < 4.78 is 0. The number of hydrogen-bond acceptors (Lipinski definition) is 2. The Morgan fingerprint density at radius 3 is 2.00 bits per heavy atom. The molecule has 0 aliphatic heterocycles. The summed E-state index contributed by atoms with van der Waals surface area (Å²) in [6.07, 6.45) is 1.01. The third-order valence-corrected chi connectivity index (χ3v) is 4.29. The highest BCUT2D eigenvalue weighted by molar-refractivity contribution is 5.82. The molecule has 132 valence electrons. The third kappa shape index (κ3) is 5.75. The average molecular weight is 339 g/mol. The molecule has 1 atom stereocenters. The summed E-state index contributed by atoms with van der Waals surface area (Å²) in [4.78, 5) is 24.1. The van der Waals surface area contributed by atoms with Crippen LogP contribution >= 0.6 is 0 Å². The van der Waals surface area contributed by atoms with Gasteiger partial charge in [0.15, 0.2) is 0 Å². The zero-order valence-corrected chi connectivity index (χ0v) is 14.7. The van der Waals surface area contributed by atoms with E-state index in [1.165, 1.54) is 0 Å². The lowest BCUT2D eigenvalue weighted by atomic mass is 9.84. The molecule has 0 saturated carbocycles. The molecule has 0 aliphatic rings. The van der Waals surface area contributed by atoms with E-state index < -0.39 is 17.3 Å². The Hall–Kier alpha value is -2.62. The number of rotatable bonds is 8. The van der Waals surface area contributed by atoms with E-state index in [9.17, 15) is 14.7 Å². The van der Waals surface area contributed by atoms with Gasteiger partial charge in [-0.05, 0) is 24.0 Å². The molecule has 2 N–H and O–H groups in total. The molecule has 0 bridgehead atoms. The average Bonchev–Trinajstić information content (AvgIpc) is 2.59. The molecule has 2 aromatic carbocycles. The van der Waals surface area contributed by atoms with Crippen LogP contribution in [0.15, 0.2) is 60.7 Å². The highest BCUT2D eigenvalue weighted by atomic mass is 16.4. The van der Waals surface area contributed by atoms with Gasteiger partial charge in [-0.15, -0.1) is 0 Å². The summed E-state index contributed by atoms with van der Waals surface area (Å²) >= 11 is 0. The first kappa shape index (κ1) is 18.7. The molecule has 4 nitrogen and oxygen atoms in total. The second-order valence-electron chi connectivity index (χ2n) is 6.98. The molecular formula is C21H25NO3. The number of nitrogens with one attached hydrogen (secondary N) is 1. The molecule has 0 fully saturated rings. The van der Waals surface area contributed by atoms with Crippen molar-refractivity contribution in [1.29, 1.82) is 0 Å². The number of carbonyl (C=O) groups is 2. The normalized spacial score (nSPS) is 12.4. The minimum Gasteiger partial charge on any atom is -0.481 e. The number of carboxylic acid groups (broad SMARTS) is 1. The number of aliphatic carboxylic acids is 1. The van der Waals surface area contributed by atoms with Crippen LogP contribution in [0.5, 0.6) is 0 Å². The molecule has 0 aliphatic carbocycles. The Morgan fingerprint density at radius 1 is 0.960 bits per heavy atom. The fraction of sp³-hybridized carbons (Fsp3) is 0.333. The quantitative estimate of drug-likeness (QED) is 0.775. The number of benzene rings is 2. The SMILES string of the molecule is CC(C)(Cc1ccccc1)C(=O)NCC(Cc1ccccc1)C(=O)O. The first-order valence-corrected chi connectivity index (χ1v) is 8.47. The Morgan fingerprint density at radius 2 is 1.48 bits per heavy atom. The maximum Gasteiger partial charge on any atom is 0.308 e. The van der Waals surface area contributed by atoms with Gasteiger partial charge in [-0.1, -0.05) is 74.5 Å². The summed E-state index contributed by atoms with van der Waals surface area (Å²) in [7, 11) is 0. The van der Waals surface area contributed by atoms with E-state index >= 15 is 0 Å². The Balaban J connectivity index is 1.94. The lowest BCUT2D eigenvalue weighted by Crippen LogP contribution is -2.42. The summed E-state index contributed by atoms with van der Waals surface area (Å²) in [6, 6.07) is 19.3. The lowest BCUT2D eigenvalue weighted by molar-refractivity contribution is -0.141. The molecule has 1 unspecified atom stereocenters. The van der Waals surface area contributed by atoms with Gasteiger partial charge in [0.1, 0.15) is 0 Å². The Kier molecular flexibility index (Phi) is 6.34. The van der Waals surface area contributed by atoms with Crippen LogP contribution in [0.25, 0.3) is 0 Å². The number of hydrogen-bond donors (Lipinski definition) is 2. The van der Waals surface area contributed by atoms with Crippen molar-refractivity contribution in [2.75, 3.05) is 6.54 Å². The van der Waals surface area contributed by atoms with Gasteiger partial charge in [-0.3, -0.25) is 9.59 Å². The fourth-order valence-electron chi connectivity index (χ4n) is 2.79. The summed E-state index contributed by atoms with van der Waals surface area (Å²) in [5, 5.41) is 12.3. The first-order chi connectivity index (χ1) is 11.9. The number of amides is 1. The zero-order chi connectivity index (χ0) is 18.3. The van der Waals surface area contributed by atoms with E-state index in [0.29, 0.717) is 12.8 Å². The van der Waals surface area contributed by atoms with Crippen molar-refractivity contribution < 1.29 is 14.7 Å². The van der Waals surface area contributed by atoms with Gasteiger partial charge in [0.05, 0.1) is 5.92 Å². The molecule has 0 heterocycles. The molecule has 2 aromatic rings. The molecule has 0 saturated heterocycles. The second kappa shape index (κ2) is 8.47. The molecule has 1 amide bonds. The predicted molar refractivity (Wildman–Crippen MR) is 98.2 cm³/mol. The number of carboxylic acids is 1. The van der Waals surface area contributed by atoms with Crippen molar-refractivity contribution in [3.8, 4) is 0 Å². The fourth-order valence-corrected chi connectivity index (χ4v) is 2.79. The van der Waals surface area contributed by atoms with Crippen LogP contribution in [0.3, 0.4) is 0 Å². The van der Waals surface area contributed by atoms with E-state index in [2.05, 4.69) is 5.32 Å². The van der Waals surface area contributed by atoms with Crippen LogP contribution in [0.2, 0.25) is 0 Å². The second-order valence-corrected chi connectivity index (χ2v) is 6.98. The Bertz CT molecular complexity index is 696. The van der Waals surface area contributed by atoms with Crippen molar-refractivity contribution in [3.05, 3.63) is 71.8 Å². The van der Waals surface area contributed by atoms with Gasteiger partial charge in [-0.2, -0.15) is 0 Å². The molecular weight excluding hydrogens is 314 g/mol. The highest BCUT2D eigenvalue weighted by Crippen LogP contribution is 2.22. The van der Waals surface area contributed by atoms with E-state index in [0.717, 1.165) is 11.1 Å². The van der Waals surface area contributed by atoms with Crippen LogP contribution in [-0.2, 0) is 22.4 Å². The molecule has 0 aromatic heterocycles. The molecule has 2 rings (SSSR count). The predicted octanol–water partition coefficient (Wildman–Crippen LogP) is 3.32. The molecule has 0 radical (unpaired) electrons. The minimum atomic E-state index is -0.898. The first-order valence-electron chi connectivity index (χ1n) is 8.47. The maximum atomic E-state index is 12.5. The monoisotopic (exact) mass is 339 g/mol. The maximum absolute atomic E-state index is 12.5.